The monoisotopic (exact) mass is 412 g/mol. The van der Waals surface area contributed by atoms with Crippen molar-refractivity contribution < 1.29 is 19.2 Å². The van der Waals surface area contributed by atoms with Gasteiger partial charge < -0.3 is 20.1 Å². The number of esters is 1. The molecule has 9 heteroatoms. The Kier molecular flexibility index (Phi) is 6.26. The van der Waals surface area contributed by atoms with Crippen LogP contribution in [0.1, 0.15) is 44.6 Å². The lowest BCUT2D eigenvalue weighted by Gasteiger charge is -2.30. The Morgan fingerprint density at radius 2 is 2.10 bits per heavy atom. The number of hydrogen-bond acceptors (Lipinski definition) is 8. The average molecular weight is 412 g/mol. The molecule has 30 heavy (non-hydrogen) atoms. The van der Waals surface area contributed by atoms with E-state index in [-0.39, 0.29) is 35.1 Å². The summed E-state index contributed by atoms with van der Waals surface area (Å²) in [6, 6.07) is 6.77. The second kappa shape index (κ2) is 8.86. The van der Waals surface area contributed by atoms with Crippen LogP contribution < -0.4 is 10.6 Å². The molecule has 2 aliphatic heterocycles. The Labute approximate surface area is 174 Å². The largest absolute Gasteiger partial charge is 0.463 e. The zero-order chi connectivity index (χ0) is 21.8. The third kappa shape index (κ3) is 3.94. The molecule has 0 bridgehead atoms. The molecule has 0 aromatic heterocycles. The molecule has 1 saturated heterocycles. The van der Waals surface area contributed by atoms with Gasteiger partial charge in [-0.2, -0.15) is 5.26 Å². The molecular formula is C21H24N4O5. The number of carbonyl (C=O) groups excluding carboxylic acids is 1. The number of nitriles is 1. The Morgan fingerprint density at radius 3 is 2.70 bits per heavy atom. The number of anilines is 1. The predicted octanol–water partition coefficient (Wildman–Crippen LogP) is 3.23. The number of benzene rings is 1. The van der Waals surface area contributed by atoms with E-state index in [4.69, 9.17) is 15.2 Å². The zero-order valence-electron chi connectivity index (χ0n) is 17.0. The van der Waals surface area contributed by atoms with Crippen molar-refractivity contribution in [1.29, 1.82) is 5.26 Å². The van der Waals surface area contributed by atoms with E-state index in [1.807, 2.05) is 11.0 Å². The molecule has 9 nitrogen and oxygen atoms in total. The molecule has 2 heterocycles. The van der Waals surface area contributed by atoms with Gasteiger partial charge in [0.15, 0.2) is 0 Å². The first kappa shape index (κ1) is 21.2. The number of rotatable bonds is 5. The minimum Gasteiger partial charge on any atom is -0.463 e. The van der Waals surface area contributed by atoms with E-state index >= 15 is 0 Å². The molecule has 2 aliphatic rings. The number of nitrogens with two attached hydrogens (primary N) is 1. The summed E-state index contributed by atoms with van der Waals surface area (Å²) in [5.74, 6) is -1.48. The number of nitro benzene ring substituents is 1. The van der Waals surface area contributed by atoms with E-state index < -0.39 is 16.8 Å². The van der Waals surface area contributed by atoms with Crippen molar-refractivity contribution in [3.63, 3.8) is 0 Å². The van der Waals surface area contributed by atoms with Gasteiger partial charge in [-0.25, -0.2) is 4.79 Å². The summed E-state index contributed by atoms with van der Waals surface area (Å²) in [5.41, 5.74) is 6.90. The van der Waals surface area contributed by atoms with E-state index in [1.165, 1.54) is 6.07 Å². The van der Waals surface area contributed by atoms with Gasteiger partial charge in [0.1, 0.15) is 23.1 Å². The fourth-order valence-corrected chi connectivity index (χ4v) is 3.96. The van der Waals surface area contributed by atoms with Crippen LogP contribution in [0.4, 0.5) is 11.4 Å². The normalized spacial score (nSPS) is 19.2. The fraction of sp³-hybridized carbons (Fsp3) is 0.429. The van der Waals surface area contributed by atoms with Crippen molar-refractivity contribution in [3.05, 3.63) is 56.7 Å². The maximum Gasteiger partial charge on any atom is 0.338 e. The van der Waals surface area contributed by atoms with Gasteiger partial charge in [-0.15, -0.1) is 0 Å². The number of nitrogens with zero attached hydrogens (tertiary/aromatic N) is 3. The van der Waals surface area contributed by atoms with Gasteiger partial charge in [0.05, 0.1) is 23.0 Å². The SMILES string of the molecule is CCOC(=O)C1=C(C)OC(N)=C(C#N)C1c1ccc(N2CCCCC2)c([N+](=O)[O-])c1. The van der Waals surface area contributed by atoms with Gasteiger partial charge in [-0.3, -0.25) is 10.1 Å². The molecule has 3 rings (SSSR count). The van der Waals surface area contributed by atoms with Crippen LogP contribution in [0.2, 0.25) is 0 Å². The molecule has 1 unspecified atom stereocenters. The molecule has 158 valence electrons. The zero-order valence-corrected chi connectivity index (χ0v) is 17.0. The van der Waals surface area contributed by atoms with Crippen molar-refractivity contribution in [2.24, 2.45) is 5.73 Å². The summed E-state index contributed by atoms with van der Waals surface area (Å²) in [6.07, 6.45) is 3.06. The lowest BCUT2D eigenvalue weighted by Crippen LogP contribution is -2.30. The highest BCUT2D eigenvalue weighted by atomic mass is 16.6. The molecule has 1 aromatic rings. The van der Waals surface area contributed by atoms with Gasteiger partial charge in [-0.05, 0) is 44.7 Å². The second-order valence-corrected chi connectivity index (χ2v) is 7.17. The molecule has 0 saturated carbocycles. The van der Waals surface area contributed by atoms with Crippen LogP contribution in [0.5, 0.6) is 0 Å². The summed E-state index contributed by atoms with van der Waals surface area (Å²) in [4.78, 5) is 26.0. The molecule has 0 radical (unpaired) electrons. The van der Waals surface area contributed by atoms with Crippen molar-refractivity contribution in [1.82, 2.24) is 0 Å². The van der Waals surface area contributed by atoms with Crippen LogP contribution in [0.3, 0.4) is 0 Å². The van der Waals surface area contributed by atoms with Gasteiger partial charge in [0, 0.05) is 19.2 Å². The van der Waals surface area contributed by atoms with Gasteiger partial charge in [-0.1, -0.05) is 6.07 Å². The van der Waals surface area contributed by atoms with Gasteiger partial charge >= 0.3 is 5.97 Å². The number of allylic oxidation sites excluding steroid dienone is 2. The van der Waals surface area contributed by atoms with Crippen LogP contribution >= 0.6 is 0 Å². The lowest BCUT2D eigenvalue weighted by molar-refractivity contribution is -0.384. The maximum atomic E-state index is 12.6. The molecule has 2 N–H and O–H groups in total. The molecule has 0 spiro atoms. The van der Waals surface area contributed by atoms with Crippen LogP contribution in [0.15, 0.2) is 41.0 Å². The third-order valence-corrected chi connectivity index (χ3v) is 5.33. The Morgan fingerprint density at radius 1 is 1.40 bits per heavy atom. The summed E-state index contributed by atoms with van der Waals surface area (Å²) in [7, 11) is 0. The highest BCUT2D eigenvalue weighted by Crippen LogP contribution is 2.42. The first-order chi connectivity index (χ1) is 14.4. The van der Waals surface area contributed by atoms with Crippen molar-refractivity contribution in [2.75, 3.05) is 24.6 Å². The van der Waals surface area contributed by atoms with Gasteiger partial charge in [0.25, 0.3) is 5.69 Å². The highest BCUT2D eigenvalue weighted by molar-refractivity contribution is 5.92. The smallest absolute Gasteiger partial charge is 0.338 e. The standard InChI is InChI=1S/C21H24N4O5/c1-3-29-21(26)18-13(2)30-20(23)15(12-22)19(18)14-7-8-16(17(11-14)25(27)28)24-9-5-4-6-10-24/h7-8,11,19H,3-6,9-10,23H2,1-2H3. The van der Waals surface area contributed by atoms with Gasteiger partial charge in [0.2, 0.25) is 5.88 Å². The Balaban J connectivity index is 2.13. The van der Waals surface area contributed by atoms with E-state index in [0.717, 1.165) is 32.4 Å². The molecule has 1 fully saturated rings. The number of ether oxygens (including phenoxy) is 2. The van der Waals surface area contributed by atoms with E-state index in [2.05, 4.69) is 0 Å². The second-order valence-electron chi connectivity index (χ2n) is 7.17. The number of piperidine rings is 1. The van der Waals surface area contributed by atoms with E-state index in [0.29, 0.717) is 11.3 Å². The quantitative estimate of drug-likeness (QED) is 0.443. The Hall–Kier alpha value is -3.54. The van der Waals surface area contributed by atoms with Crippen molar-refractivity contribution >= 4 is 17.3 Å². The maximum absolute atomic E-state index is 12.6. The van der Waals surface area contributed by atoms with Crippen LogP contribution in [-0.4, -0.2) is 30.6 Å². The highest BCUT2D eigenvalue weighted by Gasteiger charge is 2.37. The molecule has 0 amide bonds. The van der Waals surface area contributed by atoms with Crippen LogP contribution in [0, 0.1) is 21.4 Å². The summed E-state index contributed by atoms with van der Waals surface area (Å²) < 4.78 is 10.5. The minimum absolute atomic E-state index is 0.0173. The Bertz CT molecular complexity index is 970. The topological polar surface area (TPSA) is 132 Å². The van der Waals surface area contributed by atoms with Crippen molar-refractivity contribution in [3.8, 4) is 6.07 Å². The molecular weight excluding hydrogens is 388 g/mol. The van der Waals surface area contributed by atoms with Crippen molar-refractivity contribution in [2.45, 2.75) is 39.0 Å². The molecule has 1 aromatic carbocycles. The summed E-state index contributed by atoms with van der Waals surface area (Å²) in [6.45, 7) is 4.86. The first-order valence-corrected chi connectivity index (χ1v) is 9.87. The summed E-state index contributed by atoms with van der Waals surface area (Å²) >= 11 is 0. The van der Waals surface area contributed by atoms with Crippen LogP contribution in [0.25, 0.3) is 0 Å². The number of carbonyl (C=O) groups is 1. The average Bonchev–Trinajstić information content (AvgIpc) is 2.73. The number of hydrogen-bond donors (Lipinski definition) is 1. The molecule has 1 atom stereocenters. The third-order valence-electron chi connectivity index (χ3n) is 5.33. The number of nitro groups is 1. The van der Waals surface area contributed by atoms with E-state index in [9.17, 15) is 20.2 Å². The minimum atomic E-state index is -0.906. The fourth-order valence-electron chi connectivity index (χ4n) is 3.96. The summed E-state index contributed by atoms with van der Waals surface area (Å²) in [5, 5.41) is 21.5. The molecule has 0 aliphatic carbocycles. The lowest BCUT2D eigenvalue weighted by atomic mass is 9.82. The van der Waals surface area contributed by atoms with E-state index in [1.54, 1.807) is 26.0 Å². The van der Waals surface area contributed by atoms with Crippen LogP contribution in [-0.2, 0) is 14.3 Å². The first-order valence-electron chi connectivity index (χ1n) is 9.87. The predicted molar refractivity (Wildman–Crippen MR) is 109 cm³/mol.